The molecule has 0 bridgehead atoms. The highest BCUT2D eigenvalue weighted by atomic mass is 35.5. The van der Waals surface area contributed by atoms with Crippen molar-refractivity contribution in [1.29, 1.82) is 0 Å². The molecule has 0 radical (unpaired) electrons. The van der Waals surface area contributed by atoms with Crippen molar-refractivity contribution in [3.63, 3.8) is 0 Å². The second-order valence-corrected chi connectivity index (χ2v) is 3.36. The molecule has 0 aliphatic heterocycles. The lowest BCUT2D eigenvalue weighted by Crippen LogP contribution is -2.34. The van der Waals surface area contributed by atoms with E-state index in [9.17, 15) is 0 Å². The van der Waals surface area contributed by atoms with E-state index in [4.69, 9.17) is 11.6 Å². The molecular weight excluding hydrogens is 158 g/mol. The molecule has 0 aromatic carbocycles. The van der Waals surface area contributed by atoms with Crippen LogP contribution in [0, 0.1) is 0 Å². The number of nitrogens with zero attached hydrogens (tertiary/aromatic N) is 1. The lowest BCUT2D eigenvalue weighted by molar-refractivity contribution is 0.216. The van der Waals surface area contributed by atoms with E-state index in [1.54, 1.807) is 0 Å². The zero-order chi connectivity index (χ0) is 8.69. The zero-order valence-electron chi connectivity index (χ0n) is 7.94. The SMILES string of the molecule is CCCN(CCCl)C(C)CC. The van der Waals surface area contributed by atoms with Gasteiger partial charge in [-0.05, 0) is 26.3 Å². The second kappa shape index (κ2) is 6.93. The average molecular weight is 178 g/mol. The van der Waals surface area contributed by atoms with Crippen LogP contribution < -0.4 is 0 Å². The van der Waals surface area contributed by atoms with E-state index in [1.807, 2.05) is 0 Å². The summed E-state index contributed by atoms with van der Waals surface area (Å²) in [7, 11) is 0. The van der Waals surface area contributed by atoms with Crippen molar-refractivity contribution in [2.45, 2.75) is 39.7 Å². The largest absolute Gasteiger partial charge is 0.300 e. The summed E-state index contributed by atoms with van der Waals surface area (Å²) in [5.41, 5.74) is 0. The maximum absolute atomic E-state index is 5.69. The van der Waals surface area contributed by atoms with Crippen LogP contribution in [0.3, 0.4) is 0 Å². The molecule has 0 saturated carbocycles. The molecule has 0 aliphatic carbocycles. The van der Waals surface area contributed by atoms with Crippen molar-refractivity contribution in [3.8, 4) is 0 Å². The molecule has 0 heterocycles. The molecule has 0 aromatic rings. The van der Waals surface area contributed by atoms with Crippen LogP contribution in [0.25, 0.3) is 0 Å². The third-order valence-electron chi connectivity index (χ3n) is 2.10. The zero-order valence-corrected chi connectivity index (χ0v) is 8.69. The van der Waals surface area contributed by atoms with Crippen molar-refractivity contribution in [2.24, 2.45) is 0 Å². The fraction of sp³-hybridized carbons (Fsp3) is 1.00. The number of hydrogen-bond donors (Lipinski definition) is 0. The van der Waals surface area contributed by atoms with Crippen molar-refractivity contribution in [1.82, 2.24) is 4.90 Å². The molecule has 1 atom stereocenters. The summed E-state index contributed by atoms with van der Waals surface area (Å²) in [5, 5.41) is 0. The predicted molar refractivity (Wildman–Crippen MR) is 52.3 cm³/mol. The maximum Gasteiger partial charge on any atom is 0.0351 e. The predicted octanol–water partition coefficient (Wildman–Crippen LogP) is 2.74. The van der Waals surface area contributed by atoms with Crippen LogP contribution in [0.1, 0.15) is 33.6 Å². The summed E-state index contributed by atoms with van der Waals surface area (Å²) in [6, 6.07) is 0.689. The van der Waals surface area contributed by atoms with Crippen molar-refractivity contribution < 1.29 is 0 Å². The summed E-state index contributed by atoms with van der Waals surface area (Å²) in [4.78, 5) is 2.45. The molecule has 0 saturated heterocycles. The van der Waals surface area contributed by atoms with Gasteiger partial charge >= 0.3 is 0 Å². The Bertz CT molecular complexity index is 79.6. The highest BCUT2D eigenvalue weighted by Crippen LogP contribution is 2.04. The van der Waals surface area contributed by atoms with E-state index < -0.39 is 0 Å². The monoisotopic (exact) mass is 177 g/mol. The van der Waals surface area contributed by atoms with Gasteiger partial charge in [0.25, 0.3) is 0 Å². The first-order chi connectivity index (χ1) is 5.26. The first-order valence-electron chi connectivity index (χ1n) is 4.56. The van der Waals surface area contributed by atoms with Gasteiger partial charge in [-0.3, -0.25) is 4.90 Å². The van der Waals surface area contributed by atoms with Crippen LogP contribution in [0.15, 0.2) is 0 Å². The van der Waals surface area contributed by atoms with Crippen LogP contribution in [0.4, 0.5) is 0 Å². The van der Waals surface area contributed by atoms with Gasteiger partial charge in [0.05, 0.1) is 0 Å². The molecule has 0 aromatic heterocycles. The van der Waals surface area contributed by atoms with E-state index in [2.05, 4.69) is 25.7 Å². The molecule has 0 aliphatic rings. The summed E-state index contributed by atoms with van der Waals surface area (Å²) in [6.07, 6.45) is 2.44. The van der Waals surface area contributed by atoms with Crippen LogP contribution >= 0.6 is 11.6 Å². The Kier molecular flexibility index (Phi) is 7.09. The molecule has 0 rings (SSSR count). The third kappa shape index (κ3) is 4.65. The van der Waals surface area contributed by atoms with Crippen molar-refractivity contribution in [2.75, 3.05) is 19.0 Å². The molecule has 1 nitrogen and oxygen atoms in total. The van der Waals surface area contributed by atoms with E-state index >= 15 is 0 Å². The van der Waals surface area contributed by atoms with Gasteiger partial charge in [0, 0.05) is 18.5 Å². The molecule has 0 amide bonds. The first kappa shape index (κ1) is 11.2. The molecule has 11 heavy (non-hydrogen) atoms. The van der Waals surface area contributed by atoms with Gasteiger partial charge in [-0.15, -0.1) is 11.6 Å². The van der Waals surface area contributed by atoms with E-state index in [1.165, 1.54) is 19.4 Å². The normalized spacial score (nSPS) is 13.9. The third-order valence-corrected chi connectivity index (χ3v) is 2.27. The lowest BCUT2D eigenvalue weighted by Gasteiger charge is -2.26. The smallest absolute Gasteiger partial charge is 0.0351 e. The Balaban J connectivity index is 3.66. The molecule has 2 heteroatoms. The number of alkyl halides is 1. The number of hydrogen-bond acceptors (Lipinski definition) is 1. The van der Waals surface area contributed by atoms with Crippen molar-refractivity contribution >= 4 is 11.6 Å². The second-order valence-electron chi connectivity index (χ2n) is 2.98. The van der Waals surface area contributed by atoms with Crippen LogP contribution in [0.5, 0.6) is 0 Å². The summed E-state index contributed by atoms with van der Waals surface area (Å²) < 4.78 is 0. The first-order valence-corrected chi connectivity index (χ1v) is 5.09. The molecule has 0 fully saturated rings. The maximum atomic E-state index is 5.69. The Morgan fingerprint density at radius 1 is 1.27 bits per heavy atom. The average Bonchev–Trinajstić information content (AvgIpc) is 2.03. The van der Waals surface area contributed by atoms with Gasteiger partial charge in [0.2, 0.25) is 0 Å². The minimum atomic E-state index is 0.689. The van der Waals surface area contributed by atoms with Gasteiger partial charge < -0.3 is 0 Å². The Labute approximate surface area is 75.7 Å². The fourth-order valence-corrected chi connectivity index (χ4v) is 1.42. The highest BCUT2D eigenvalue weighted by Gasteiger charge is 2.08. The Morgan fingerprint density at radius 2 is 1.91 bits per heavy atom. The Hall–Kier alpha value is 0.250. The van der Waals surface area contributed by atoms with E-state index in [-0.39, 0.29) is 0 Å². The summed E-state index contributed by atoms with van der Waals surface area (Å²) in [6.45, 7) is 8.92. The fourth-order valence-electron chi connectivity index (χ4n) is 1.21. The highest BCUT2D eigenvalue weighted by molar-refractivity contribution is 6.18. The van der Waals surface area contributed by atoms with E-state index in [0.717, 1.165) is 12.4 Å². The van der Waals surface area contributed by atoms with Crippen LogP contribution in [-0.2, 0) is 0 Å². The number of halogens is 1. The van der Waals surface area contributed by atoms with E-state index in [0.29, 0.717) is 6.04 Å². The molecule has 1 unspecified atom stereocenters. The standard InChI is InChI=1S/C9H20ClN/c1-4-7-11(8-6-10)9(3)5-2/h9H,4-8H2,1-3H3. The van der Waals surface area contributed by atoms with Crippen LogP contribution in [0.2, 0.25) is 0 Å². The van der Waals surface area contributed by atoms with Crippen LogP contribution in [-0.4, -0.2) is 29.9 Å². The minimum Gasteiger partial charge on any atom is -0.300 e. The van der Waals surface area contributed by atoms with Gasteiger partial charge in [-0.2, -0.15) is 0 Å². The van der Waals surface area contributed by atoms with Crippen molar-refractivity contribution in [3.05, 3.63) is 0 Å². The van der Waals surface area contributed by atoms with Gasteiger partial charge in [-0.1, -0.05) is 13.8 Å². The Morgan fingerprint density at radius 3 is 2.27 bits per heavy atom. The molecule has 68 valence electrons. The minimum absolute atomic E-state index is 0.689. The lowest BCUT2D eigenvalue weighted by atomic mass is 10.2. The molecule has 0 N–H and O–H groups in total. The van der Waals surface area contributed by atoms with Gasteiger partial charge in [0.1, 0.15) is 0 Å². The summed E-state index contributed by atoms with van der Waals surface area (Å²) >= 11 is 5.69. The summed E-state index contributed by atoms with van der Waals surface area (Å²) in [5.74, 6) is 0.754. The van der Waals surface area contributed by atoms with Gasteiger partial charge in [-0.25, -0.2) is 0 Å². The quantitative estimate of drug-likeness (QED) is 0.564. The number of rotatable bonds is 6. The molecule has 0 spiro atoms. The topological polar surface area (TPSA) is 3.24 Å². The van der Waals surface area contributed by atoms with Gasteiger partial charge in [0.15, 0.2) is 0 Å². The molecular formula is C9H20ClN.